The summed E-state index contributed by atoms with van der Waals surface area (Å²) in [6.07, 6.45) is 1.91. The van der Waals surface area contributed by atoms with Crippen molar-refractivity contribution in [2.45, 2.75) is 19.1 Å². The summed E-state index contributed by atoms with van der Waals surface area (Å²) in [7, 11) is 1.57. The summed E-state index contributed by atoms with van der Waals surface area (Å²) in [6, 6.07) is 5.16. The van der Waals surface area contributed by atoms with Gasteiger partial charge in [0.2, 0.25) is 5.91 Å². The Kier molecular flexibility index (Phi) is 5.94. The van der Waals surface area contributed by atoms with Crippen LogP contribution in [0.5, 0.6) is 5.75 Å². The first-order valence-corrected chi connectivity index (χ1v) is 8.62. The number of halogens is 1. The van der Waals surface area contributed by atoms with Crippen LogP contribution in [0.4, 0.5) is 5.69 Å². The molecule has 132 valence electrons. The number of carbonyl (C=O) groups is 1. The Morgan fingerprint density at radius 3 is 2.71 bits per heavy atom. The molecule has 3 rings (SSSR count). The molecule has 0 radical (unpaired) electrons. The van der Waals surface area contributed by atoms with E-state index in [1.54, 1.807) is 25.3 Å². The van der Waals surface area contributed by atoms with Crippen LogP contribution in [0.3, 0.4) is 0 Å². The molecule has 1 aromatic carbocycles. The molecule has 2 aliphatic rings. The first-order chi connectivity index (χ1) is 11.7. The molecule has 7 heteroatoms. The summed E-state index contributed by atoms with van der Waals surface area (Å²) in [4.78, 5) is 14.4. The third kappa shape index (κ3) is 4.39. The summed E-state index contributed by atoms with van der Waals surface area (Å²) in [6.45, 7) is 3.47. The molecule has 0 unspecified atom stereocenters. The highest BCUT2D eigenvalue weighted by Gasteiger charge is 2.30. The van der Waals surface area contributed by atoms with Crippen molar-refractivity contribution < 1.29 is 19.0 Å². The molecule has 24 heavy (non-hydrogen) atoms. The number of anilines is 1. The zero-order valence-electron chi connectivity index (χ0n) is 13.8. The summed E-state index contributed by atoms with van der Waals surface area (Å²) >= 11 is 5.99. The Labute approximate surface area is 147 Å². The second-order valence-corrected chi connectivity index (χ2v) is 6.55. The van der Waals surface area contributed by atoms with Crippen molar-refractivity contribution in [1.82, 2.24) is 4.90 Å². The minimum Gasteiger partial charge on any atom is -0.495 e. The fraction of sp³-hybridized carbons (Fsp3) is 0.588. The van der Waals surface area contributed by atoms with Crippen LogP contribution in [0.15, 0.2) is 18.2 Å². The maximum Gasteiger partial charge on any atom is 0.238 e. The summed E-state index contributed by atoms with van der Waals surface area (Å²) < 4.78 is 16.4. The van der Waals surface area contributed by atoms with Crippen LogP contribution < -0.4 is 10.1 Å². The highest BCUT2D eigenvalue weighted by Crippen LogP contribution is 2.28. The maximum atomic E-state index is 12.3. The number of carbonyl (C=O) groups excluding carboxylic acids is 1. The van der Waals surface area contributed by atoms with Gasteiger partial charge >= 0.3 is 0 Å². The number of nitrogens with zero attached hydrogens (tertiary/aromatic N) is 1. The molecule has 2 aliphatic heterocycles. The van der Waals surface area contributed by atoms with Crippen LogP contribution in [0, 0.1) is 5.92 Å². The molecule has 0 saturated carbocycles. The zero-order chi connectivity index (χ0) is 16.9. The zero-order valence-corrected chi connectivity index (χ0v) is 14.6. The van der Waals surface area contributed by atoms with Crippen LogP contribution in [0.25, 0.3) is 0 Å². The SMILES string of the molecule is COc1ccc(Cl)cc1NC(=O)CN1CCC(C2OCCO2)CC1. The Hall–Kier alpha value is -1.34. The second-order valence-electron chi connectivity index (χ2n) is 6.12. The molecule has 2 fully saturated rings. The number of hydrogen-bond donors (Lipinski definition) is 1. The average Bonchev–Trinajstić information content (AvgIpc) is 3.10. The van der Waals surface area contributed by atoms with Gasteiger partial charge in [-0.1, -0.05) is 11.6 Å². The largest absolute Gasteiger partial charge is 0.495 e. The topological polar surface area (TPSA) is 60.0 Å². The number of rotatable bonds is 5. The number of benzene rings is 1. The van der Waals surface area contributed by atoms with Crippen LogP contribution in [-0.2, 0) is 14.3 Å². The normalized spacial score (nSPS) is 20.2. The molecule has 0 aliphatic carbocycles. The molecule has 0 aromatic heterocycles. The fourth-order valence-corrected chi connectivity index (χ4v) is 3.37. The quantitative estimate of drug-likeness (QED) is 0.879. The van der Waals surface area contributed by atoms with E-state index in [0.29, 0.717) is 42.1 Å². The van der Waals surface area contributed by atoms with Crippen molar-refractivity contribution in [3.8, 4) is 5.75 Å². The molecule has 2 saturated heterocycles. The van der Waals surface area contributed by atoms with Gasteiger partial charge in [0.25, 0.3) is 0 Å². The Balaban J connectivity index is 1.48. The number of methoxy groups -OCH3 is 1. The minimum atomic E-state index is -0.0672. The maximum absolute atomic E-state index is 12.3. The van der Waals surface area contributed by atoms with Crippen LogP contribution >= 0.6 is 11.6 Å². The van der Waals surface area contributed by atoms with Crippen molar-refractivity contribution in [2.24, 2.45) is 5.92 Å². The van der Waals surface area contributed by atoms with Gasteiger partial charge in [-0.2, -0.15) is 0 Å². The van der Waals surface area contributed by atoms with Gasteiger partial charge in [-0.3, -0.25) is 9.69 Å². The average molecular weight is 355 g/mol. The molecular formula is C17H23ClN2O4. The fourth-order valence-electron chi connectivity index (χ4n) is 3.20. The van der Waals surface area contributed by atoms with Gasteiger partial charge in [-0.15, -0.1) is 0 Å². The molecule has 6 nitrogen and oxygen atoms in total. The van der Waals surface area contributed by atoms with E-state index in [-0.39, 0.29) is 12.2 Å². The highest BCUT2D eigenvalue weighted by molar-refractivity contribution is 6.31. The molecule has 0 bridgehead atoms. The van der Waals surface area contributed by atoms with E-state index in [9.17, 15) is 4.79 Å². The molecule has 1 N–H and O–H groups in total. The van der Waals surface area contributed by atoms with Gasteiger partial charge in [-0.25, -0.2) is 0 Å². The summed E-state index contributed by atoms with van der Waals surface area (Å²) in [5.74, 6) is 0.962. The number of likely N-dealkylation sites (tertiary alicyclic amines) is 1. The first kappa shape index (κ1) is 17.5. The Morgan fingerprint density at radius 2 is 2.04 bits per heavy atom. The molecule has 1 amide bonds. The van der Waals surface area contributed by atoms with Gasteiger partial charge in [0.15, 0.2) is 6.29 Å². The number of piperidine rings is 1. The Bertz CT molecular complexity index is 570. The molecular weight excluding hydrogens is 332 g/mol. The Morgan fingerprint density at radius 1 is 1.33 bits per heavy atom. The van der Waals surface area contributed by atoms with Gasteiger partial charge in [0, 0.05) is 10.9 Å². The third-order valence-electron chi connectivity index (χ3n) is 4.47. The number of ether oxygens (including phenoxy) is 3. The van der Waals surface area contributed by atoms with Crippen molar-refractivity contribution in [2.75, 3.05) is 45.3 Å². The second kappa shape index (κ2) is 8.16. The molecule has 2 heterocycles. The lowest BCUT2D eigenvalue weighted by atomic mass is 9.96. The van der Waals surface area contributed by atoms with E-state index in [4.69, 9.17) is 25.8 Å². The first-order valence-electron chi connectivity index (χ1n) is 8.24. The van der Waals surface area contributed by atoms with Crippen LogP contribution in [0.1, 0.15) is 12.8 Å². The van der Waals surface area contributed by atoms with E-state index in [1.807, 2.05) is 0 Å². The lowest BCUT2D eigenvalue weighted by Crippen LogP contribution is -2.41. The number of nitrogens with one attached hydrogen (secondary N) is 1. The van der Waals surface area contributed by atoms with Gasteiger partial charge in [-0.05, 0) is 44.1 Å². The molecule has 0 atom stereocenters. The van der Waals surface area contributed by atoms with Gasteiger partial charge in [0.05, 0.1) is 32.6 Å². The van der Waals surface area contributed by atoms with E-state index < -0.39 is 0 Å². The van der Waals surface area contributed by atoms with E-state index in [1.165, 1.54) is 0 Å². The smallest absolute Gasteiger partial charge is 0.238 e. The lowest BCUT2D eigenvalue weighted by Gasteiger charge is -2.33. The van der Waals surface area contributed by atoms with Crippen LogP contribution in [-0.4, -0.2) is 57.1 Å². The van der Waals surface area contributed by atoms with Crippen molar-refractivity contribution >= 4 is 23.2 Å². The van der Waals surface area contributed by atoms with Crippen molar-refractivity contribution in [1.29, 1.82) is 0 Å². The van der Waals surface area contributed by atoms with Crippen LogP contribution in [0.2, 0.25) is 5.02 Å². The summed E-state index contributed by atoms with van der Waals surface area (Å²) in [5.41, 5.74) is 0.595. The third-order valence-corrected chi connectivity index (χ3v) is 4.70. The molecule has 1 aromatic rings. The van der Waals surface area contributed by atoms with Crippen molar-refractivity contribution in [3.63, 3.8) is 0 Å². The predicted molar refractivity (Wildman–Crippen MR) is 91.5 cm³/mol. The number of amides is 1. The van der Waals surface area contributed by atoms with E-state index in [0.717, 1.165) is 25.9 Å². The van der Waals surface area contributed by atoms with Gasteiger partial charge in [0.1, 0.15) is 5.75 Å². The lowest BCUT2D eigenvalue weighted by molar-refractivity contribution is -0.119. The summed E-state index contributed by atoms with van der Waals surface area (Å²) in [5, 5.41) is 3.44. The van der Waals surface area contributed by atoms with E-state index >= 15 is 0 Å². The minimum absolute atomic E-state index is 0.0586. The number of hydrogen-bond acceptors (Lipinski definition) is 5. The monoisotopic (exact) mass is 354 g/mol. The van der Waals surface area contributed by atoms with E-state index in [2.05, 4.69) is 10.2 Å². The predicted octanol–water partition coefficient (Wildman–Crippen LogP) is 2.37. The standard InChI is InChI=1S/C17H23ClN2O4/c1-22-15-3-2-13(18)10-14(15)19-16(21)11-20-6-4-12(5-7-20)17-23-8-9-24-17/h2-3,10,12,17H,4-9,11H2,1H3,(H,19,21). The van der Waals surface area contributed by atoms with Crippen molar-refractivity contribution in [3.05, 3.63) is 23.2 Å². The van der Waals surface area contributed by atoms with Gasteiger partial charge < -0.3 is 19.5 Å². The highest BCUT2D eigenvalue weighted by atomic mass is 35.5. The molecule has 0 spiro atoms.